The van der Waals surface area contributed by atoms with Gasteiger partial charge in [-0.25, -0.2) is 4.79 Å². The van der Waals surface area contributed by atoms with Gasteiger partial charge < -0.3 is 15.1 Å². The van der Waals surface area contributed by atoms with Gasteiger partial charge >= 0.3 is 6.03 Å². The van der Waals surface area contributed by atoms with Crippen molar-refractivity contribution in [2.45, 2.75) is 53.6 Å². The molecule has 0 fully saturated rings. The Balaban J connectivity index is 1.76. The van der Waals surface area contributed by atoms with Crippen molar-refractivity contribution >= 4 is 29.0 Å². The van der Waals surface area contributed by atoms with Crippen molar-refractivity contribution in [2.75, 3.05) is 18.4 Å². The molecule has 0 aliphatic heterocycles. The van der Waals surface area contributed by atoms with Crippen LogP contribution in [0, 0.1) is 20.8 Å². The number of rotatable bonds is 10. The topological polar surface area (TPSA) is 52.7 Å². The number of nitrogens with one attached hydrogen (secondary N) is 1. The first-order chi connectivity index (χ1) is 16.4. The Labute approximate surface area is 207 Å². The Bertz CT molecular complexity index is 1090. The second-order valence-corrected chi connectivity index (χ2v) is 10.1. The van der Waals surface area contributed by atoms with Crippen LogP contribution in [0.25, 0.3) is 0 Å². The van der Waals surface area contributed by atoms with Crippen LogP contribution in [0.15, 0.2) is 60.7 Å². The molecule has 6 heteroatoms. The zero-order valence-corrected chi connectivity index (χ0v) is 21.5. The van der Waals surface area contributed by atoms with E-state index in [4.69, 9.17) is 0 Å². The lowest BCUT2D eigenvalue weighted by molar-refractivity contribution is -0.133. The minimum atomic E-state index is -0.236. The number of unbranched alkanes of at least 4 members (excludes halogenated alkanes) is 1. The summed E-state index contributed by atoms with van der Waals surface area (Å²) in [4.78, 5) is 32.5. The number of anilines is 1. The second kappa shape index (κ2) is 12.4. The van der Waals surface area contributed by atoms with Gasteiger partial charge in [0.15, 0.2) is 0 Å². The highest BCUT2D eigenvalue weighted by Crippen LogP contribution is 2.20. The highest BCUT2D eigenvalue weighted by atomic mass is 32.1. The van der Waals surface area contributed by atoms with Crippen LogP contribution in [0.5, 0.6) is 0 Å². The Kier molecular flexibility index (Phi) is 9.28. The van der Waals surface area contributed by atoms with E-state index in [1.807, 2.05) is 67.3 Å². The molecule has 1 heterocycles. The van der Waals surface area contributed by atoms with Crippen LogP contribution in [0.4, 0.5) is 10.5 Å². The molecule has 5 nitrogen and oxygen atoms in total. The van der Waals surface area contributed by atoms with Crippen LogP contribution in [0.1, 0.15) is 46.2 Å². The lowest BCUT2D eigenvalue weighted by Gasteiger charge is -2.28. The number of benzene rings is 2. The fraction of sp³-hybridized carbons (Fsp3) is 0.357. The summed E-state index contributed by atoms with van der Waals surface area (Å²) in [6.45, 7) is 9.80. The van der Waals surface area contributed by atoms with Crippen LogP contribution >= 0.6 is 11.3 Å². The smallest absolute Gasteiger partial charge is 0.322 e. The van der Waals surface area contributed by atoms with Crippen LogP contribution < -0.4 is 5.32 Å². The standard InChI is InChI=1S/C28H35N3O2S/c1-5-6-16-30(28(33)29-26-15-12-21(2)17-22(26)3)20-27(32)31(18-24-10-8-7-9-11-24)19-25-14-13-23(4)34-25/h7-15,17H,5-6,16,18-20H2,1-4H3,(H,29,33). The van der Waals surface area contributed by atoms with Crippen LogP contribution in [-0.2, 0) is 17.9 Å². The average molecular weight is 478 g/mol. The van der Waals surface area contributed by atoms with Gasteiger partial charge in [-0.15, -0.1) is 11.3 Å². The van der Waals surface area contributed by atoms with Gasteiger partial charge in [0, 0.05) is 28.5 Å². The minimum absolute atomic E-state index is 0.0495. The number of urea groups is 1. The molecule has 1 aromatic heterocycles. The number of aryl methyl sites for hydroxylation is 3. The molecule has 0 unspecified atom stereocenters. The summed E-state index contributed by atoms with van der Waals surface area (Å²) < 4.78 is 0. The maximum absolute atomic E-state index is 13.5. The predicted molar refractivity (Wildman–Crippen MR) is 141 cm³/mol. The number of carbonyl (C=O) groups is 2. The fourth-order valence-electron chi connectivity index (χ4n) is 3.81. The fourth-order valence-corrected chi connectivity index (χ4v) is 4.71. The molecule has 34 heavy (non-hydrogen) atoms. The van der Waals surface area contributed by atoms with Gasteiger partial charge in [0.05, 0.1) is 6.54 Å². The van der Waals surface area contributed by atoms with E-state index in [1.54, 1.807) is 16.2 Å². The molecule has 0 radical (unpaired) electrons. The number of amides is 3. The lowest BCUT2D eigenvalue weighted by Crippen LogP contribution is -2.44. The molecule has 0 aliphatic rings. The molecule has 0 saturated carbocycles. The molecule has 0 bridgehead atoms. The van der Waals surface area contributed by atoms with Gasteiger partial charge in [-0.05, 0) is 56.5 Å². The van der Waals surface area contributed by atoms with Crippen molar-refractivity contribution in [3.8, 4) is 0 Å². The lowest BCUT2D eigenvalue weighted by atomic mass is 10.1. The molecular weight excluding hydrogens is 442 g/mol. The van der Waals surface area contributed by atoms with Crippen LogP contribution in [-0.4, -0.2) is 34.8 Å². The average Bonchev–Trinajstić information content (AvgIpc) is 3.23. The molecule has 2 aromatic carbocycles. The van der Waals surface area contributed by atoms with Crippen molar-refractivity contribution < 1.29 is 9.59 Å². The molecule has 180 valence electrons. The van der Waals surface area contributed by atoms with Crippen LogP contribution in [0.2, 0.25) is 0 Å². The van der Waals surface area contributed by atoms with Gasteiger partial charge in [-0.3, -0.25) is 4.79 Å². The van der Waals surface area contributed by atoms with E-state index in [1.165, 1.54) is 4.88 Å². The SMILES string of the molecule is CCCCN(CC(=O)N(Cc1ccccc1)Cc1ccc(C)s1)C(=O)Nc1ccc(C)cc1C. The van der Waals surface area contributed by atoms with Gasteiger partial charge in [0.1, 0.15) is 6.54 Å². The molecule has 3 aromatic rings. The largest absolute Gasteiger partial charge is 0.332 e. The third-order valence-corrected chi connectivity index (χ3v) is 6.72. The Hall–Kier alpha value is -3.12. The molecule has 0 saturated heterocycles. The van der Waals surface area contributed by atoms with E-state index >= 15 is 0 Å². The van der Waals surface area contributed by atoms with E-state index in [2.05, 4.69) is 31.3 Å². The van der Waals surface area contributed by atoms with Crippen molar-refractivity contribution in [2.24, 2.45) is 0 Å². The third kappa shape index (κ3) is 7.45. The van der Waals surface area contributed by atoms with Gasteiger partial charge in [0.25, 0.3) is 0 Å². The molecule has 3 amide bonds. The van der Waals surface area contributed by atoms with E-state index < -0.39 is 0 Å². The summed E-state index contributed by atoms with van der Waals surface area (Å²) in [7, 11) is 0. The monoisotopic (exact) mass is 477 g/mol. The highest BCUT2D eigenvalue weighted by Gasteiger charge is 2.22. The third-order valence-electron chi connectivity index (χ3n) is 5.73. The predicted octanol–water partition coefficient (Wildman–Crippen LogP) is 6.54. The number of nitrogens with zero attached hydrogens (tertiary/aromatic N) is 2. The first-order valence-corrected chi connectivity index (χ1v) is 12.7. The summed E-state index contributed by atoms with van der Waals surface area (Å²) >= 11 is 1.70. The van der Waals surface area contributed by atoms with E-state index in [-0.39, 0.29) is 18.5 Å². The zero-order chi connectivity index (χ0) is 24.5. The van der Waals surface area contributed by atoms with Gasteiger partial charge in [0.2, 0.25) is 5.91 Å². The summed E-state index contributed by atoms with van der Waals surface area (Å²) in [6, 6.07) is 19.9. The first-order valence-electron chi connectivity index (χ1n) is 11.9. The second-order valence-electron chi connectivity index (χ2n) is 8.77. The number of hydrogen-bond acceptors (Lipinski definition) is 3. The number of carbonyl (C=O) groups excluding carboxylic acids is 2. The number of hydrogen-bond donors (Lipinski definition) is 1. The van der Waals surface area contributed by atoms with Crippen molar-refractivity contribution in [1.29, 1.82) is 0 Å². The normalized spacial score (nSPS) is 10.7. The molecule has 0 aliphatic carbocycles. The molecule has 0 atom stereocenters. The zero-order valence-electron chi connectivity index (χ0n) is 20.6. The minimum Gasteiger partial charge on any atom is -0.332 e. The summed E-state index contributed by atoms with van der Waals surface area (Å²) in [5, 5.41) is 3.01. The summed E-state index contributed by atoms with van der Waals surface area (Å²) in [5.74, 6) is -0.0539. The first kappa shape index (κ1) is 25.5. The van der Waals surface area contributed by atoms with E-state index in [9.17, 15) is 9.59 Å². The molecule has 3 rings (SSSR count). The number of thiophene rings is 1. The Morgan fingerprint density at radius 2 is 1.68 bits per heavy atom. The van der Waals surface area contributed by atoms with Gasteiger partial charge in [-0.2, -0.15) is 0 Å². The maximum Gasteiger partial charge on any atom is 0.322 e. The Morgan fingerprint density at radius 1 is 0.912 bits per heavy atom. The maximum atomic E-state index is 13.5. The van der Waals surface area contributed by atoms with Crippen LogP contribution in [0.3, 0.4) is 0 Å². The molecular formula is C28H35N3O2S. The van der Waals surface area contributed by atoms with Crippen molar-refractivity contribution in [1.82, 2.24) is 9.80 Å². The molecule has 1 N–H and O–H groups in total. The van der Waals surface area contributed by atoms with Crippen molar-refractivity contribution in [3.63, 3.8) is 0 Å². The highest BCUT2D eigenvalue weighted by molar-refractivity contribution is 7.11. The van der Waals surface area contributed by atoms with E-state index in [0.717, 1.165) is 40.1 Å². The van der Waals surface area contributed by atoms with Gasteiger partial charge in [-0.1, -0.05) is 61.4 Å². The van der Waals surface area contributed by atoms with E-state index in [0.29, 0.717) is 19.6 Å². The summed E-state index contributed by atoms with van der Waals surface area (Å²) in [6.07, 6.45) is 1.79. The molecule has 0 spiro atoms. The quantitative estimate of drug-likeness (QED) is 0.361. The summed E-state index contributed by atoms with van der Waals surface area (Å²) in [5.41, 5.74) is 4.01. The van der Waals surface area contributed by atoms with Crippen molar-refractivity contribution in [3.05, 3.63) is 87.1 Å². The Morgan fingerprint density at radius 3 is 2.32 bits per heavy atom.